The molecule has 0 heterocycles. The SMILES string of the molecule is CCCCCCCCCCCCCOCCOCCOCCOCCOCCOCCOCCOCCOCCOC(=O)CCCCCCC. The van der Waals surface area contributed by atoms with Gasteiger partial charge < -0.3 is 47.4 Å². The zero-order valence-electron chi connectivity index (χ0n) is 32.4. The van der Waals surface area contributed by atoms with E-state index in [1.807, 2.05) is 0 Å². The number of rotatable bonds is 45. The minimum Gasteiger partial charge on any atom is -0.463 e. The number of hydrogen-bond acceptors (Lipinski definition) is 11. The van der Waals surface area contributed by atoms with Gasteiger partial charge in [-0.1, -0.05) is 104 Å². The van der Waals surface area contributed by atoms with Crippen molar-refractivity contribution >= 4 is 5.97 Å². The van der Waals surface area contributed by atoms with Crippen molar-refractivity contribution in [3.63, 3.8) is 0 Å². The summed E-state index contributed by atoms with van der Waals surface area (Å²) in [6.45, 7) is 14.4. The van der Waals surface area contributed by atoms with E-state index in [2.05, 4.69) is 13.8 Å². The van der Waals surface area contributed by atoms with E-state index in [0.717, 1.165) is 25.9 Å². The van der Waals surface area contributed by atoms with E-state index in [1.54, 1.807) is 0 Å². The van der Waals surface area contributed by atoms with Gasteiger partial charge in [0.2, 0.25) is 0 Å². The van der Waals surface area contributed by atoms with Crippen LogP contribution in [0.3, 0.4) is 0 Å². The van der Waals surface area contributed by atoms with Crippen LogP contribution >= 0.6 is 0 Å². The van der Waals surface area contributed by atoms with Gasteiger partial charge >= 0.3 is 5.97 Å². The molecule has 0 atom stereocenters. The molecule has 50 heavy (non-hydrogen) atoms. The minimum atomic E-state index is -0.142. The van der Waals surface area contributed by atoms with E-state index < -0.39 is 0 Å². The molecule has 0 bridgehead atoms. The predicted molar refractivity (Wildman–Crippen MR) is 198 cm³/mol. The van der Waals surface area contributed by atoms with Crippen LogP contribution in [-0.2, 0) is 52.2 Å². The Morgan fingerprint density at radius 2 is 0.520 bits per heavy atom. The second-order valence-electron chi connectivity index (χ2n) is 12.4. The van der Waals surface area contributed by atoms with Crippen LogP contribution < -0.4 is 0 Å². The Hall–Kier alpha value is -0.890. The molecule has 11 nitrogen and oxygen atoms in total. The lowest BCUT2D eigenvalue weighted by molar-refractivity contribution is -0.145. The maximum Gasteiger partial charge on any atom is 0.305 e. The van der Waals surface area contributed by atoms with E-state index in [9.17, 15) is 4.79 Å². The van der Waals surface area contributed by atoms with E-state index in [1.165, 1.54) is 83.5 Å². The van der Waals surface area contributed by atoms with Crippen LogP contribution in [0.1, 0.15) is 123 Å². The van der Waals surface area contributed by atoms with E-state index in [0.29, 0.717) is 125 Å². The highest BCUT2D eigenvalue weighted by Gasteiger charge is 2.02. The van der Waals surface area contributed by atoms with Gasteiger partial charge in [-0.2, -0.15) is 0 Å². The summed E-state index contributed by atoms with van der Waals surface area (Å²) in [6.07, 6.45) is 21.0. The second-order valence-corrected chi connectivity index (χ2v) is 12.4. The van der Waals surface area contributed by atoms with Gasteiger partial charge in [-0.3, -0.25) is 4.79 Å². The molecule has 0 spiro atoms. The van der Waals surface area contributed by atoms with Crippen LogP contribution in [0, 0.1) is 0 Å². The van der Waals surface area contributed by atoms with Crippen molar-refractivity contribution < 1.29 is 52.2 Å². The van der Waals surface area contributed by atoms with Gasteiger partial charge in [-0.15, -0.1) is 0 Å². The van der Waals surface area contributed by atoms with Crippen molar-refractivity contribution in [3.05, 3.63) is 0 Å². The Labute approximate surface area is 306 Å². The quantitative estimate of drug-likeness (QED) is 0.0465. The zero-order valence-corrected chi connectivity index (χ0v) is 32.4. The molecule has 0 aromatic rings. The third kappa shape index (κ3) is 45.1. The number of carbonyl (C=O) groups is 1. The Bertz CT molecular complexity index is 627. The number of carbonyl (C=O) groups excluding carboxylic acids is 1. The summed E-state index contributed by atoms with van der Waals surface area (Å²) in [5, 5.41) is 0. The maximum atomic E-state index is 11.6. The van der Waals surface area contributed by atoms with Crippen LogP contribution in [-0.4, -0.2) is 132 Å². The summed E-state index contributed by atoms with van der Waals surface area (Å²) >= 11 is 0. The van der Waals surface area contributed by atoms with Gasteiger partial charge in [-0.05, 0) is 12.8 Å². The first-order valence-electron chi connectivity index (χ1n) is 20.2. The smallest absolute Gasteiger partial charge is 0.305 e. The zero-order chi connectivity index (χ0) is 36.1. The molecular weight excluding hydrogens is 644 g/mol. The number of esters is 1. The van der Waals surface area contributed by atoms with Gasteiger partial charge in [-0.25, -0.2) is 0 Å². The van der Waals surface area contributed by atoms with Crippen LogP contribution in [0.25, 0.3) is 0 Å². The highest BCUT2D eigenvalue weighted by Crippen LogP contribution is 2.11. The maximum absolute atomic E-state index is 11.6. The molecule has 300 valence electrons. The van der Waals surface area contributed by atoms with Gasteiger partial charge in [0.15, 0.2) is 0 Å². The van der Waals surface area contributed by atoms with Crippen LogP contribution in [0.4, 0.5) is 0 Å². The van der Waals surface area contributed by atoms with E-state index >= 15 is 0 Å². The molecule has 11 heteroatoms. The molecular formula is C39H78O11. The lowest BCUT2D eigenvalue weighted by Gasteiger charge is -2.09. The summed E-state index contributed by atoms with van der Waals surface area (Å²) in [6, 6.07) is 0. The van der Waals surface area contributed by atoms with Crippen molar-refractivity contribution in [2.75, 3.05) is 126 Å². The second kappa shape index (κ2) is 46.1. The molecule has 0 radical (unpaired) electrons. The first-order valence-corrected chi connectivity index (χ1v) is 20.2. The van der Waals surface area contributed by atoms with E-state index in [-0.39, 0.29) is 5.97 Å². The van der Waals surface area contributed by atoms with Crippen molar-refractivity contribution in [1.29, 1.82) is 0 Å². The monoisotopic (exact) mass is 723 g/mol. The lowest BCUT2D eigenvalue weighted by atomic mass is 10.1. The summed E-state index contributed by atoms with van der Waals surface area (Å²) in [5.41, 5.74) is 0. The number of ether oxygens (including phenoxy) is 10. The van der Waals surface area contributed by atoms with Crippen molar-refractivity contribution in [3.8, 4) is 0 Å². The molecule has 0 rings (SSSR count). The molecule has 0 amide bonds. The van der Waals surface area contributed by atoms with Crippen molar-refractivity contribution in [1.82, 2.24) is 0 Å². The molecule has 0 unspecified atom stereocenters. The van der Waals surface area contributed by atoms with Crippen LogP contribution in [0.2, 0.25) is 0 Å². The normalized spacial score (nSPS) is 11.5. The molecule has 0 saturated carbocycles. The summed E-state index contributed by atoms with van der Waals surface area (Å²) in [5.74, 6) is -0.142. The Kier molecular flexibility index (Phi) is 45.3. The highest BCUT2D eigenvalue weighted by molar-refractivity contribution is 5.69. The van der Waals surface area contributed by atoms with Gasteiger partial charge in [0.05, 0.1) is 112 Å². The van der Waals surface area contributed by atoms with Crippen LogP contribution in [0.15, 0.2) is 0 Å². The van der Waals surface area contributed by atoms with Gasteiger partial charge in [0.1, 0.15) is 6.61 Å². The molecule has 0 saturated heterocycles. The fourth-order valence-electron chi connectivity index (χ4n) is 4.89. The topological polar surface area (TPSA) is 109 Å². The Morgan fingerprint density at radius 1 is 0.280 bits per heavy atom. The van der Waals surface area contributed by atoms with E-state index in [4.69, 9.17) is 47.4 Å². The van der Waals surface area contributed by atoms with Gasteiger partial charge in [0, 0.05) is 13.0 Å². The molecule has 0 aliphatic heterocycles. The van der Waals surface area contributed by atoms with Gasteiger partial charge in [0.25, 0.3) is 0 Å². The largest absolute Gasteiger partial charge is 0.463 e. The molecule has 0 aliphatic rings. The van der Waals surface area contributed by atoms with Crippen molar-refractivity contribution in [2.45, 2.75) is 123 Å². The summed E-state index contributed by atoms with van der Waals surface area (Å²) in [7, 11) is 0. The standard InChI is InChI=1S/C39H78O11/c1-3-5-7-9-10-11-12-13-14-16-18-20-41-21-22-42-23-24-43-25-26-44-27-28-45-29-30-46-31-32-47-33-34-48-35-36-49-37-38-50-39(40)19-17-15-8-6-4-2/h3-38H2,1-2H3. The minimum absolute atomic E-state index is 0.142. The molecule has 0 aromatic heterocycles. The molecule has 0 aromatic carbocycles. The molecule has 0 N–H and O–H groups in total. The predicted octanol–water partition coefficient (Wildman–Crippen LogP) is 7.35. The average molecular weight is 723 g/mol. The fourth-order valence-corrected chi connectivity index (χ4v) is 4.89. The van der Waals surface area contributed by atoms with Crippen molar-refractivity contribution in [2.24, 2.45) is 0 Å². The average Bonchev–Trinajstić information content (AvgIpc) is 3.12. The highest BCUT2D eigenvalue weighted by atomic mass is 16.6. The number of unbranched alkanes of at least 4 members (excludes halogenated alkanes) is 14. The molecule has 0 fully saturated rings. The fraction of sp³-hybridized carbons (Fsp3) is 0.974. The molecule has 0 aliphatic carbocycles. The number of hydrogen-bond donors (Lipinski definition) is 0. The third-order valence-electron chi connectivity index (χ3n) is 7.84. The summed E-state index contributed by atoms with van der Waals surface area (Å²) in [4.78, 5) is 11.6. The third-order valence-corrected chi connectivity index (χ3v) is 7.84. The Morgan fingerprint density at radius 3 is 0.840 bits per heavy atom. The Balaban J connectivity index is 3.08. The lowest BCUT2D eigenvalue weighted by Crippen LogP contribution is -2.15. The summed E-state index contributed by atoms with van der Waals surface area (Å²) < 4.78 is 54.8. The first kappa shape index (κ1) is 49.1. The van der Waals surface area contributed by atoms with Crippen LogP contribution in [0.5, 0.6) is 0 Å². The first-order chi connectivity index (χ1) is 24.8.